The SMILES string of the molecule is CC1C(N2CCOCC2)C(C(=O)O)CC[N+]1(C)c1ccccc1. The number of likely N-dealkylation sites (N-methyl/N-ethyl adjacent to an activating group) is 1. The Morgan fingerprint density at radius 3 is 2.52 bits per heavy atom. The van der Waals surface area contributed by atoms with Gasteiger partial charge in [0.05, 0.1) is 38.8 Å². The van der Waals surface area contributed by atoms with Gasteiger partial charge in [0, 0.05) is 19.5 Å². The van der Waals surface area contributed by atoms with Crippen molar-refractivity contribution < 1.29 is 14.6 Å². The van der Waals surface area contributed by atoms with E-state index in [-0.39, 0.29) is 18.0 Å². The van der Waals surface area contributed by atoms with E-state index in [0.29, 0.717) is 19.6 Å². The zero-order valence-electron chi connectivity index (χ0n) is 14.0. The molecule has 1 aromatic rings. The lowest BCUT2D eigenvalue weighted by molar-refractivity contribution is -0.149. The standard InChI is InChI=1S/C18H26N2O3/c1-14-17(19-9-12-23-13-10-19)16(18(21)22)8-11-20(14,2)15-6-4-3-5-7-15/h3-7,14,16-17H,8-13H2,1-2H3/p+1. The van der Waals surface area contributed by atoms with Crippen LogP contribution in [0.5, 0.6) is 0 Å². The number of piperidine rings is 1. The van der Waals surface area contributed by atoms with Crippen LogP contribution in [-0.4, -0.2) is 68.0 Å². The highest BCUT2D eigenvalue weighted by Gasteiger charge is 2.50. The molecule has 2 aliphatic rings. The highest BCUT2D eigenvalue weighted by Crippen LogP contribution is 2.36. The maximum absolute atomic E-state index is 11.8. The number of ether oxygens (including phenoxy) is 1. The molecule has 0 amide bonds. The quantitative estimate of drug-likeness (QED) is 0.864. The van der Waals surface area contributed by atoms with Gasteiger partial charge in [-0.3, -0.25) is 14.2 Å². The molecule has 2 heterocycles. The molecule has 126 valence electrons. The zero-order valence-corrected chi connectivity index (χ0v) is 14.0. The summed E-state index contributed by atoms with van der Waals surface area (Å²) in [4.78, 5) is 14.2. The maximum atomic E-state index is 11.8. The fourth-order valence-electron chi connectivity index (χ4n) is 4.29. The van der Waals surface area contributed by atoms with E-state index in [9.17, 15) is 9.90 Å². The zero-order chi connectivity index (χ0) is 16.4. The Morgan fingerprint density at radius 1 is 1.26 bits per heavy atom. The Hall–Kier alpha value is -1.43. The molecule has 0 saturated carbocycles. The number of carboxylic acid groups (broad SMARTS) is 1. The van der Waals surface area contributed by atoms with Crippen LogP contribution < -0.4 is 4.48 Å². The molecule has 3 rings (SSSR count). The first kappa shape index (κ1) is 16.4. The van der Waals surface area contributed by atoms with Crippen molar-refractivity contribution in [1.82, 2.24) is 9.38 Å². The first-order valence-corrected chi connectivity index (χ1v) is 8.49. The van der Waals surface area contributed by atoms with E-state index >= 15 is 0 Å². The summed E-state index contributed by atoms with van der Waals surface area (Å²) in [6.45, 7) is 6.13. The topological polar surface area (TPSA) is 49.8 Å². The van der Waals surface area contributed by atoms with Crippen molar-refractivity contribution in [2.45, 2.75) is 25.4 Å². The number of rotatable bonds is 3. The molecule has 4 unspecified atom stereocenters. The van der Waals surface area contributed by atoms with E-state index in [1.54, 1.807) is 0 Å². The molecule has 4 atom stereocenters. The van der Waals surface area contributed by atoms with Gasteiger partial charge in [-0.15, -0.1) is 0 Å². The molecule has 2 aliphatic heterocycles. The van der Waals surface area contributed by atoms with E-state index in [1.165, 1.54) is 5.69 Å². The van der Waals surface area contributed by atoms with Gasteiger partial charge in [0.15, 0.2) is 0 Å². The second-order valence-corrected chi connectivity index (χ2v) is 6.94. The van der Waals surface area contributed by atoms with E-state index in [4.69, 9.17) is 4.74 Å². The van der Waals surface area contributed by atoms with Gasteiger partial charge in [-0.1, -0.05) is 18.2 Å². The number of carboxylic acids is 1. The van der Waals surface area contributed by atoms with Crippen molar-refractivity contribution in [1.29, 1.82) is 0 Å². The van der Waals surface area contributed by atoms with E-state index in [1.807, 2.05) is 6.07 Å². The van der Waals surface area contributed by atoms with Crippen molar-refractivity contribution in [2.75, 3.05) is 39.9 Å². The lowest BCUT2D eigenvalue weighted by Gasteiger charge is -2.52. The van der Waals surface area contributed by atoms with Crippen LogP contribution in [0.15, 0.2) is 30.3 Å². The van der Waals surface area contributed by atoms with Gasteiger partial charge < -0.3 is 9.84 Å². The van der Waals surface area contributed by atoms with Gasteiger partial charge in [-0.05, 0) is 19.1 Å². The van der Waals surface area contributed by atoms with Crippen LogP contribution in [0.2, 0.25) is 0 Å². The highest BCUT2D eigenvalue weighted by molar-refractivity contribution is 5.71. The normalized spacial score (nSPS) is 35.8. The molecule has 0 bridgehead atoms. The predicted molar refractivity (Wildman–Crippen MR) is 90.4 cm³/mol. The Kier molecular flexibility index (Phi) is 4.71. The molecule has 2 saturated heterocycles. The van der Waals surface area contributed by atoms with E-state index in [2.05, 4.69) is 43.1 Å². The number of carbonyl (C=O) groups is 1. The molecule has 5 heteroatoms. The smallest absolute Gasteiger partial charge is 0.308 e. The van der Waals surface area contributed by atoms with Gasteiger partial charge in [0.25, 0.3) is 0 Å². The minimum absolute atomic E-state index is 0.0513. The number of hydrogen-bond acceptors (Lipinski definition) is 3. The summed E-state index contributed by atoms with van der Waals surface area (Å²) in [6, 6.07) is 10.8. The second-order valence-electron chi connectivity index (χ2n) is 6.94. The number of likely N-dealkylation sites (tertiary alicyclic amines) is 1. The van der Waals surface area contributed by atoms with Crippen LogP contribution in [0.3, 0.4) is 0 Å². The molecular weight excluding hydrogens is 292 g/mol. The van der Waals surface area contributed by atoms with E-state index in [0.717, 1.165) is 24.1 Å². The first-order chi connectivity index (χ1) is 11.0. The summed E-state index contributed by atoms with van der Waals surface area (Å²) in [5.41, 5.74) is 1.27. The van der Waals surface area contributed by atoms with Crippen molar-refractivity contribution in [3.05, 3.63) is 30.3 Å². The van der Waals surface area contributed by atoms with Gasteiger partial charge >= 0.3 is 5.97 Å². The second kappa shape index (κ2) is 6.59. The number of hydrogen-bond donors (Lipinski definition) is 1. The van der Waals surface area contributed by atoms with E-state index < -0.39 is 5.97 Å². The predicted octanol–water partition coefficient (Wildman–Crippen LogP) is 1.82. The van der Waals surface area contributed by atoms with Crippen molar-refractivity contribution in [2.24, 2.45) is 5.92 Å². The van der Waals surface area contributed by atoms with Crippen LogP contribution >= 0.6 is 0 Å². The summed E-state index contributed by atoms with van der Waals surface area (Å²) < 4.78 is 6.26. The van der Waals surface area contributed by atoms with Crippen LogP contribution in [0.1, 0.15) is 13.3 Å². The van der Waals surface area contributed by atoms with Crippen LogP contribution in [0.25, 0.3) is 0 Å². The van der Waals surface area contributed by atoms with Gasteiger partial charge in [0.2, 0.25) is 0 Å². The minimum atomic E-state index is -0.660. The largest absolute Gasteiger partial charge is 0.481 e. The Labute approximate surface area is 138 Å². The molecule has 1 N–H and O–H groups in total. The number of para-hydroxylation sites is 1. The van der Waals surface area contributed by atoms with Gasteiger partial charge in [-0.2, -0.15) is 0 Å². The third kappa shape index (κ3) is 3.01. The van der Waals surface area contributed by atoms with Crippen molar-refractivity contribution in [3.8, 4) is 0 Å². The average Bonchev–Trinajstić information content (AvgIpc) is 2.58. The third-order valence-electron chi connectivity index (χ3n) is 5.84. The molecule has 0 aliphatic carbocycles. The first-order valence-electron chi connectivity index (χ1n) is 8.49. The Morgan fingerprint density at radius 2 is 1.91 bits per heavy atom. The van der Waals surface area contributed by atoms with Crippen molar-refractivity contribution >= 4 is 11.7 Å². The Balaban J connectivity index is 1.93. The number of morpholine rings is 1. The molecule has 2 fully saturated rings. The molecule has 0 aromatic heterocycles. The Bertz CT molecular complexity index is 544. The number of quaternary nitrogens is 1. The number of aliphatic carboxylic acids is 1. The lowest BCUT2D eigenvalue weighted by atomic mass is 9.82. The maximum Gasteiger partial charge on any atom is 0.308 e. The number of nitrogens with zero attached hydrogens (tertiary/aromatic N) is 2. The van der Waals surface area contributed by atoms with Gasteiger partial charge in [0.1, 0.15) is 11.7 Å². The molecule has 5 nitrogen and oxygen atoms in total. The summed E-state index contributed by atoms with van der Waals surface area (Å²) in [6.07, 6.45) is 0.715. The molecule has 1 aromatic carbocycles. The summed E-state index contributed by atoms with van der Waals surface area (Å²) in [5.74, 6) is -0.953. The fourth-order valence-corrected chi connectivity index (χ4v) is 4.29. The van der Waals surface area contributed by atoms with Crippen LogP contribution in [0, 0.1) is 5.92 Å². The van der Waals surface area contributed by atoms with Crippen LogP contribution in [0.4, 0.5) is 5.69 Å². The van der Waals surface area contributed by atoms with Crippen molar-refractivity contribution in [3.63, 3.8) is 0 Å². The molecule has 0 radical (unpaired) electrons. The van der Waals surface area contributed by atoms with Gasteiger partial charge in [-0.25, -0.2) is 0 Å². The van der Waals surface area contributed by atoms with Crippen LogP contribution in [-0.2, 0) is 9.53 Å². The lowest BCUT2D eigenvalue weighted by Crippen LogP contribution is -2.69. The molecule has 23 heavy (non-hydrogen) atoms. The summed E-state index contributed by atoms with van der Waals surface area (Å²) in [7, 11) is 2.24. The summed E-state index contributed by atoms with van der Waals surface area (Å²) >= 11 is 0. The average molecular weight is 319 g/mol. The summed E-state index contributed by atoms with van der Waals surface area (Å²) in [5, 5.41) is 9.73. The minimum Gasteiger partial charge on any atom is -0.481 e. The third-order valence-corrected chi connectivity index (χ3v) is 5.84. The number of benzene rings is 1. The molecular formula is C18H27N2O3+. The molecule has 0 spiro atoms. The fraction of sp³-hybridized carbons (Fsp3) is 0.611. The highest BCUT2D eigenvalue weighted by atomic mass is 16.5. The monoisotopic (exact) mass is 319 g/mol.